The number of carbonyl (C=O) groups excluding carboxylic acids is 2. The zero-order valence-corrected chi connectivity index (χ0v) is 20.5. The Morgan fingerprint density at radius 3 is 2.57 bits per heavy atom. The standard InChI is InChI=1S/C26H28FN5O2S/c1-18(2)13-14-28-26(34)25(23-8-5-15-35-23)31(16-19-9-11-20(27)12-10-19)24(33)17-32-22-7-4-3-6-21(22)29-30-32/h3-12,15,18,25H,13-14,16-17H2,1-2H3,(H,28,34). The van der Waals surface area contributed by atoms with Crippen molar-refractivity contribution in [3.63, 3.8) is 0 Å². The van der Waals surface area contributed by atoms with Gasteiger partial charge in [-0.1, -0.05) is 49.4 Å². The van der Waals surface area contributed by atoms with Crippen LogP contribution in [0.1, 0.15) is 36.8 Å². The molecule has 9 heteroatoms. The van der Waals surface area contributed by atoms with Gasteiger partial charge in [0.1, 0.15) is 23.9 Å². The minimum absolute atomic E-state index is 0.0805. The highest BCUT2D eigenvalue weighted by atomic mass is 32.1. The Labute approximate surface area is 207 Å². The summed E-state index contributed by atoms with van der Waals surface area (Å²) < 4.78 is 15.1. The minimum Gasteiger partial charge on any atom is -0.354 e. The number of thiophene rings is 1. The smallest absolute Gasteiger partial charge is 0.248 e. The summed E-state index contributed by atoms with van der Waals surface area (Å²) in [5.41, 5.74) is 2.14. The summed E-state index contributed by atoms with van der Waals surface area (Å²) in [4.78, 5) is 29.5. The molecule has 0 fully saturated rings. The van der Waals surface area contributed by atoms with Crippen LogP contribution in [0.15, 0.2) is 66.0 Å². The van der Waals surface area contributed by atoms with Crippen molar-refractivity contribution < 1.29 is 14.0 Å². The molecule has 182 valence electrons. The maximum atomic E-state index is 13.7. The lowest BCUT2D eigenvalue weighted by molar-refractivity contribution is -0.142. The van der Waals surface area contributed by atoms with Crippen LogP contribution in [0.4, 0.5) is 4.39 Å². The fourth-order valence-electron chi connectivity index (χ4n) is 3.81. The molecular formula is C26H28FN5O2S. The molecule has 0 saturated carbocycles. The van der Waals surface area contributed by atoms with Crippen LogP contribution in [0.3, 0.4) is 0 Å². The number of nitrogens with zero attached hydrogens (tertiary/aromatic N) is 4. The molecule has 1 N–H and O–H groups in total. The van der Waals surface area contributed by atoms with Gasteiger partial charge in [0, 0.05) is 18.0 Å². The molecule has 7 nitrogen and oxygen atoms in total. The number of rotatable bonds is 10. The van der Waals surface area contributed by atoms with Gasteiger partial charge in [0.2, 0.25) is 11.8 Å². The van der Waals surface area contributed by atoms with E-state index in [0.717, 1.165) is 22.4 Å². The molecule has 1 unspecified atom stereocenters. The Morgan fingerprint density at radius 2 is 1.86 bits per heavy atom. The van der Waals surface area contributed by atoms with Gasteiger partial charge in [0.25, 0.3) is 0 Å². The summed E-state index contributed by atoms with van der Waals surface area (Å²) in [6.07, 6.45) is 0.833. The number of benzene rings is 2. The van der Waals surface area contributed by atoms with Crippen molar-refractivity contribution in [1.29, 1.82) is 0 Å². The topological polar surface area (TPSA) is 80.1 Å². The van der Waals surface area contributed by atoms with Gasteiger partial charge in [-0.15, -0.1) is 16.4 Å². The van der Waals surface area contributed by atoms with Crippen molar-refractivity contribution in [1.82, 2.24) is 25.2 Å². The number of hydrogen-bond acceptors (Lipinski definition) is 5. The first kappa shape index (κ1) is 24.5. The average molecular weight is 494 g/mol. The maximum Gasteiger partial charge on any atom is 0.248 e. The van der Waals surface area contributed by atoms with Crippen LogP contribution >= 0.6 is 11.3 Å². The van der Waals surface area contributed by atoms with E-state index < -0.39 is 6.04 Å². The van der Waals surface area contributed by atoms with Crippen LogP contribution in [-0.4, -0.2) is 38.3 Å². The van der Waals surface area contributed by atoms with E-state index in [0.29, 0.717) is 18.0 Å². The lowest BCUT2D eigenvalue weighted by Crippen LogP contribution is -2.44. The molecule has 2 amide bonds. The number of halogens is 1. The SMILES string of the molecule is CC(C)CCNC(=O)C(c1cccs1)N(Cc1ccc(F)cc1)C(=O)Cn1nnc2ccccc21. The molecule has 2 heterocycles. The van der Waals surface area contributed by atoms with Gasteiger partial charge in [0.15, 0.2) is 0 Å². The van der Waals surface area contributed by atoms with Crippen LogP contribution in [0.2, 0.25) is 0 Å². The summed E-state index contributed by atoms with van der Waals surface area (Å²) >= 11 is 1.42. The Kier molecular flexibility index (Phi) is 7.87. The van der Waals surface area contributed by atoms with E-state index in [9.17, 15) is 14.0 Å². The van der Waals surface area contributed by atoms with Crippen molar-refractivity contribution in [3.8, 4) is 0 Å². The first-order chi connectivity index (χ1) is 16.9. The quantitative estimate of drug-likeness (QED) is 0.351. The van der Waals surface area contributed by atoms with Crippen molar-refractivity contribution in [2.24, 2.45) is 5.92 Å². The summed E-state index contributed by atoms with van der Waals surface area (Å²) in [5, 5.41) is 13.2. The third kappa shape index (κ3) is 6.10. The Bertz CT molecular complexity index is 1270. The van der Waals surface area contributed by atoms with Crippen molar-refractivity contribution >= 4 is 34.2 Å². The molecule has 0 bridgehead atoms. The van der Waals surface area contributed by atoms with Gasteiger partial charge in [-0.2, -0.15) is 0 Å². The maximum absolute atomic E-state index is 13.7. The van der Waals surface area contributed by atoms with E-state index >= 15 is 0 Å². The van der Waals surface area contributed by atoms with Gasteiger partial charge < -0.3 is 10.2 Å². The van der Waals surface area contributed by atoms with Gasteiger partial charge in [-0.25, -0.2) is 9.07 Å². The average Bonchev–Trinajstić information content (AvgIpc) is 3.50. The predicted molar refractivity (Wildman–Crippen MR) is 134 cm³/mol. The first-order valence-electron chi connectivity index (χ1n) is 11.6. The number of para-hydroxylation sites is 1. The van der Waals surface area contributed by atoms with Gasteiger partial charge in [0.05, 0.1) is 5.52 Å². The van der Waals surface area contributed by atoms with E-state index in [4.69, 9.17) is 0 Å². The van der Waals surface area contributed by atoms with E-state index in [2.05, 4.69) is 29.5 Å². The monoisotopic (exact) mass is 493 g/mol. The van der Waals surface area contributed by atoms with Crippen molar-refractivity contribution in [2.45, 2.75) is 39.4 Å². The molecule has 35 heavy (non-hydrogen) atoms. The highest BCUT2D eigenvalue weighted by Gasteiger charge is 2.32. The molecule has 0 radical (unpaired) electrons. The lowest BCUT2D eigenvalue weighted by atomic mass is 10.1. The zero-order chi connectivity index (χ0) is 24.8. The highest BCUT2D eigenvalue weighted by Crippen LogP contribution is 2.28. The van der Waals surface area contributed by atoms with Gasteiger partial charge in [-0.3, -0.25) is 9.59 Å². The molecule has 0 saturated heterocycles. The van der Waals surface area contributed by atoms with Crippen molar-refractivity contribution in [2.75, 3.05) is 6.54 Å². The second-order valence-electron chi connectivity index (χ2n) is 8.78. The van der Waals surface area contributed by atoms with E-state index in [1.54, 1.807) is 17.0 Å². The summed E-state index contributed by atoms with van der Waals surface area (Å²) in [6.45, 7) is 4.77. The third-order valence-corrected chi connectivity index (χ3v) is 6.61. The molecule has 0 aliphatic carbocycles. The normalized spacial score (nSPS) is 12.1. The fraction of sp³-hybridized carbons (Fsp3) is 0.308. The van der Waals surface area contributed by atoms with E-state index in [1.165, 1.54) is 28.2 Å². The number of hydrogen-bond donors (Lipinski definition) is 1. The van der Waals surface area contributed by atoms with Crippen LogP contribution in [0, 0.1) is 11.7 Å². The lowest BCUT2D eigenvalue weighted by Gasteiger charge is -2.31. The molecule has 2 aromatic carbocycles. The summed E-state index contributed by atoms with van der Waals surface area (Å²) in [6, 6.07) is 16.3. The summed E-state index contributed by atoms with van der Waals surface area (Å²) in [7, 11) is 0. The molecule has 2 aromatic heterocycles. The molecular weight excluding hydrogens is 465 g/mol. The minimum atomic E-state index is -0.825. The molecule has 4 rings (SSSR count). The number of nitrogens with one attached hydrogen (secondary N) is 1. The van der Waals surface area contributed by atoms with Crippen LogP contribution in [-0.2, 0) is 22.7 Å². The Balaban J connectivity index is 1.66. The van der Waals surface area contributed by atoms with Crippen LogP contribution in [0.5, 0.6) is 0 Å². The fourth-order valence-corrected chi connectivity index (χ4v) is 4.65. The second kappa shape index (κ2) is 11.2. The molecule has 1 atom stereocenters. The molecule has 0 aliphatic heterocycles. The van der Waals surface area contributed by atoms with Gasteiger partial charge in [-0.05, 0) is 53.6 Å². The highest BCUT2D eigenvalue weighted by molar-refractivity contribution is 7.10. The third-order valence-electron chi connectivity index (χ3n) is 5.69. The number of aromatic nitrogens is 3. The summed E-state index contributed by atoms with van der Waals surface area (Å²) in [5.74, 6) is -0.454. The van der Waals surface area contributed by atoms with Crippen LogP contribution in [0.25, 0.3) is 11.0 Å². The van der Waals surface area contributed by atoms with E-state index in [-0.39, 0.29) is 30.7 Å². The molecule has 0 spiro atoms. The molecule has 0 aliphatic rings. The Morgan fingerprint density at radius 1 is 1.09 bits per heavy atom. The van der Waals surface area contributed by atoms with Crippen LogP contribution < -0.4 is 5.32 Å². The number of fused-ring (bicyclic) bond motifs is 1. The number of amides is 2. The van der Waals surface area contributed by atoms with Gasteiger partial charge >= 0.3 is 0 Å². The Hall–Kier alpha value is -3.59. The van der Waals surface area contributed by atoms with E-state index in [1.807, 2.05) is 41.8 Å². The first-order valence-corrected chi connectivity index (χ1v) is 12.4. The second-order valence-corrected chi connectivity index (χ2v) is 9.75. The predicted octanol–water partition coefficient (Wildman–Crippen LogP) is 4.56. The molecule has 4 aromatic rings. The largest absolute Gasteiger partial charge is 0.354 e. The zero-order valence-electron chi connectivity index (χ0n) is 19.7. The number of carbonyl (C=O) groups is 2. The van der Waals surface area contributed by atoms with Crippen molar-refractivity contribution in [3.05, 3.63) is 82.3 Å².